The van der Waals surface area contributed by atoms with E-state index < -0.39 is 14.9 Å². The van der Waals surface area contributed by atoms with Gasteiger partial charge in [-0.05, 0) is 24.6 Å². The van der Waals surface area contributed by atoms with Crippen molar-refractivity contribution in [2.24, 2.45) is 0 Å². The van der Waals surface area contributed by atoms with Crippen LogP contribution in [0.4, 0.5) is 10.8 Å². The van der Waals surface area contributed by atoms with Gasteiger partial charge < -0.3 is 4.90 Å². The number of para-hydroxylation sites is 1. The molecule has 1 aliphatic heterocycles. The van der Waals surface area contributed by atoms with Crippen molar-refractivity contribution in [1.29, 1.82) is 5.26 Å². The van der Waals surface area contributed by atoms with E-state index >= 15 is 0 Å². The van der Waals surface area contributed by atoms with Crippen LogP contribution in [0.15, 0.2) is 53.4 Å². The number of sulfonamides is 1. The fourth-order valence-corrected chi connectivity index (χ4v) is 5.91. The molecule has 4 rings (SSSR count). The number of rotatable bonds is 6. The number of nitro groups is 1. The van der Waals surface area contributed by atoms with Crippen LogP contribution in [-0.4, -0.2) is 53.2 Å². The Bertz CT molecular complexity index is 1320. The van der Waals surface area contributed by atoms with Crippen LogP contribution in [0.25, 0.3) is 0 Å². The molecule has 10 nitrogen and oxygen atoms in total. The summed E-state index contributed by atoms with van der Waals surface area (Å²) in [6, 6.07) is 14.5. The second-order valence-electron chi connectivity index (χ2n) is 7.44. The second-order valence-corrected chi connectivity index (χ2v) is 10.1. The summed E-state index contributed by atoms with van der Waals surface area (Å²) in [6.45, 7) is 1.69. The van der Waals surface area contributed by atoms with Gasteiger partial charge in [0.25, 0.3) is 5.69 Å². The molecule has 0 saturated carbocycles. The third-order valence-electron chi connectivity index (χ3n) is 5.32. The molecule has 0 aliphatic carbocycles. The second kappa shape index (κ2) is 9.62. The minimum absolute atomic E-state index is 0.0324. The average Bonchev–Trinajstić information content (AvgIpc) is 3.13. The normalized spacial score (nSPS) is 15.1. The Labute approximate surface area is 195 Å². The molecule has 1 saturated heterocycles. The van der Waals surface area contributed by atoms with E-state index in [0.717, 1.165) is 0 Å². The first kappa shape index (κ1) is 22.8. The van der Waals surface area contributed by atoms with Gasteiger partial charge in [-0.3, -0.25) is 10.1 Å². The summed E-state index contributed by atoms with van der Waals surface area (Å²) in [4.78, 5) is 17.5. The van der Waals surface area contributed by atoms with E-state index in [1.54, 1.807) is 30.3 Å². The molecule has 1 fully saturated rings. The molecule has 2 heterocycles. The molecule has 170 valence electrons. The van der Waals surface area contributed by atoms with Crippen molar-refractivity contribution in [3.63, 3.8) is 0 Å². The molecule has 0 radical (unpaired) electrons. The van der Waals surface area contributed by atoms with Crippen molar-refractivity contribution in [3.8, 4) is 6.07 Å². The van der Waals surface area contributed by atoms with Crippen LogP contribution in [0, 0.1) is 21.4 Å². The van der Waals surface area contributed by atoms with Gasteiger partial charge in [0.1, 0.15) is 5.82 Å². The minimum atomic E-state index is -3.71. The molecule has 3 aromatic rings. The summed E-state index contributed by atoms with van der Waals surface area (Å²) in [5.74, 6) is 0.492. The number of anilines is 1. The van der Waals surface area contributed by atoms with E-state index in [0.29, 0.717) is 48.1 Å². The Morgan fingerprint density at radius 3 is 2.73 bits per heavy atom. The number of aromatic nitrogens is 2. The lowest BCUT2D eigenvalue weighted by Gasteiger charge is -2.21. The smallest absolute Gasteiger partial charge is 0.273 e. The van der Waals surface area contributed by atoms with Crippen molar-refractivity contribution in [2.75, 3.05) is 31.1 Å². The molecule has 0 atom stereocenters. The largest absolute Gasteiger partial charge is 0.345 e. The van der Waals surface area contributed by atoms with Crippen molar-refractivity contribution >= 4 is 32.4 Å². The highest BCUT2D eigenvalue weighted by Gasteiger charge is 2.28. The predicted octanol–water partition coefficient (Wildman–Crippen LogP) is 2.81. The number of hydrogen-bond donors (Lipinski definition) is 0. The number of nitro benzene ring substituents is 1. The third kappa shape index (κ3) is 5.00. The first-order valence-electron chi connectivity index (χ1n) is 10.2. The molecule has 0 unspecified atom stereocenters. The average molecular weight is 485 g/mol. The molecule has 33 heavy (non-hydrogen) atoms. The highest BCUT2D eigenvalue weighted by molar-refractivity contribution is 7.89. The standard InChI is InChI=1S/C21H20N6O4S2/c22-15-16-5-3-7-18(13-16)33(30,31)26-10-4-9-25(11-12-26)21-23-20(24-32-21)14-17-6-1-2-8-19(17)27(28)29/h1-3,5-8,13H,4,9-12,14H2. The monoisotopic (exact) mass is 484 g/mol. The maximum Gasteiger partial charge on any atom is 0.273 e. The quantitative estimate of drug-likeness (QED) is 0.385. The number of nitriles is 1. The van der Waals surface area contributed by atoms with Crippen LogP contribution in [0.1, 0.15) is 23.4 Å². The fraction of sp³-hybridized carbons (Fsp3) is 0.286. The van der Waals surface area contributed by atoms with Gasteiger partial charge in [-0.1, -0.05) is 24.3 Å². The Kier molecular flexibility index (Phi) is 6.64. The van der Waals surface area contributed by atoms with E-state index in [1.807, 2.05) is 11.0 Å². The molecule has 0 bridgehead atoms. The van der Waals surface area contributed by atoms with Crippen LogP contribution in [0.5, 0.6) is 0 Å². The number of nitrogens with zero attached hydrogens (tertiary/aromatic N) is 6. The van der Waals surface area contributed by atoms with Crippen LogP contribution in [0.3, 0.4) is 0 Å². The van der Waals surface area contributed by atoms with Crippen molar-refractivity contribution < 1.29 is 13.3 Å². The topological polar surface area (TPSA) is 133 Å². The zero-order valence-corrected chi connectivity index (χ0v) is 19.1. The molecular weight excluding hydrogens is 464 g/mol. The van der Waals surface area contributed by atoms with Gasteiger partial charge >= 0.3 is 0 Å². The Morgan fingerprint density at radius 1 is 1.12 bits per heavy atom. The summed E-state index contributed by atoms with van der Waals surface area (Å²) >= 11 is 1.20. The number of hydrogen-bond acceptors (Lipinski definition) is 9. The minimum Gasteiger partial charge on any atom is -0.345 e. The van der Waals surface area contributed by atoms with E-state index in [2.05, 4.69) is 9.36 Å². The summed E-state index contributed by atoms with van der Waals surface area (Å²) < 4.78 is 31.9. The lowest BCUT2D eigenvalue weighted by molar-refractivity contribution is -0.385. The van der Waals surface area contributed by atoms with Crippen LogP contribution >= 0.6 is 11.5 Å². The molecule has 0 spiro atoms. The van der Waals surface area contributed by atoms with E-state index in [4.69, 9.17) is 5.26 Å². The van der Waals surface area contributed by atoms with Crippen molar-refractivity contribution in [3.05, 3.63) is 75.6 Å². The predicted molar refractivity (Wildman–Crippen MR) is 123 cm³/mol. The van der Waals surface area contributed by atoms with Crippen LogP contribution < -0.4 is 4.90 Å². The SMILES string of the molecule is N#Cc1cccc(S(=O)(=O)N2CCCN(c3nc(Cc4ccccc4[N+](=O)[O-])ns3)CC2)c1. The summed E-state index contributed by atoms with van der Waals surface area (Å²) in [5, 5.41) is 21.0. The maximum atomic E-state index is 13.1. The third-order valence-corrected chi connectivity index (χ3v) is 8.03. The lowest BCUT2D eigenvalue weighted by atomic mass is 10.1. The van der Waals surface area contributed by atoms with Gasteiger partial charge in [0, 0.05) is 55.8 Å². The molecule has 12 heteroatoms. The first-order valence-corrected chi connectivity index (χ1v) is 12.4. The highest BCUT2D eigenvalue weighted by Crippen LogP contribution is 2.25. The van der Waals surface area contributed by atoms with E-state index in [9.17, 15) is 18.5 Å². The highest BCUT2D eigenvalue weighted by atomic mass is 32.2. The van der Waals surface area contributed by atoms with Gasteiger partial charge in [0.05, 0.1) is 21.5 Å². The van der Waals surface area contributed by atoms with E-state index in [-0.39, 0.29) is 23.5 Å². The molecule has 0 N–H and O–H groups in total. The molecular formula is C21H20N6O4S2. The number of benzene rings is 2. The molecule has 2 aromatic carbocycles. The fourth-order valence-electron chi connectivity index (χ4n) is 3.65. The Morgan fingerprint density at radius 2 is 1.94 bits per heavy atom. The van der Waals surface area contributed by atoms with Gasteiger partial charge in [-0.25, -0.2) is 13.4 Å². The molecule has 1 aliphatic rings. The zero-order chi connectivity index (χ0) is 23.4. The van der Waals surface area contributed by atoms with Crippen LogP contribution in [-0.2, 0) is 16.4 Å². The Balaban J connectivity index is 1.46. The summed E-state index contributed by atoms with van der Waals surface area (Å²) in [6.07, 6.45) is 0.855. The van der Waals surface area contributed by atoms with Gasteiger partial charge in [-0.15, -0.1) is 0 Å². The van der Waals surface area contributed by atoms with Crippen molar-refractivity contribution in [2.45, 2.75) is 17.7 Å². The molecule has 0 amide bonds. The van der Waals surface area contributed by atoms with Gasteiger partial charge in [0.2, 0.25) is 15.2 Å². The van der Waals surface area contributed by atoms with Gasteiger partial charge in [-0.2, -0.15) is 13.9 Å². The zero-order valence-electron chi connectivity index (χ0n) is 17.5. The van der Waals surface area contributed by atoms with E-state index in [1.165, 1.54) is 34.0 Å². The summed E-state index contributed by atoms with van der Waals surface area (Å²) in [7, 11) is -3.71. The van der Waals surface area contributed by atoms with Crippen molar-refractivity contribution in [1.82, 2.24) is 13.7 Å². The molecule has 1 aromatic heterocycles. The van der Waals surface area contributed by atoms with Gasteiger partial charge in [0.15, 0.2) is 0 Å². The maximum absolute atomic E-state index is 13.1. The summed E-state index contributed by atoms with van der Waals surface area (Å²) in [5.41, 5.74) is 0.872. The van der Waals surface area contributed by atoms with Crippen LogP contribution in [0.2, 0.25) is 0 Å². The lowest BCUT2D eigenvalue weighted by Crippen LogP contribution is -2.35. The first-order chi connectivity index (χ1) is 15.9. The Hall–Kier alpha value is -3.40.